The molecule has 1 amide bonds. The lowest BCUT2D eigenvalue weighted by molar-refractivity contribution is -0.114. The number of aryl methyl sites for hydroxylation is 1. The Kier molecular flexibility index (Phi) is 7.20. The topological polar surface area (TPSA) is 91.7 Å². The lowest BCUT2D eigenvalue weighted by Crippen LogP contribution is -2.29. The van der Waals surface area contributed by atoms with Gasteiger partial charge < -0.3 is 29.9 Å². The Morgan fingerprint density at radius 1 is 1.15 bits per heavy atom. The van der Waals surface area contributed by atoms with E-state index < -0.39 is 0 Å². The van der Waals surface area contributed by atoms with Gasteiger partial charge in [0.1, 0.15) is 11.5 Å². The molecule has 2 unspecified atom stereocenters. The predicted molar refractivity (Wildman–Crippen MR) is 157 cm³/mol. The molecule has 3 N–H and O–H groups in total. The van der Waals surface area contributed by atoms with Gasteiger partial charge >= 0.3 is 0 Å². The number of thiocarbonyl (C=S) groups is 1. The molecule has 1 aliphatic heterocycles. The van der Waals surface area contributed by atoms with E-state index in [1.54, 1.807) is 31.5 Å². The van der Waals surface area contributed by atoms with Gasteiger partial charge in [-0.15, -0.1) is 0 Å². The summed E-state index contributed by atoms with van der Waals surface area (Å²) in [5.41, 5.74) is 5.57. The van der Waals surface area contributed by atoms with Gasteiger partial charge in [-0.3, -0.25) is 9.78 Å². The zero-order valence-electron chi connectivity index (χ0n) is 21.9. The molecule has 8 nitrogen and oxygen atoms in total. The standard InChI is InChI=1S/C29H28ClN5O3S/c1-16-13-21(17(2)34(16)24-14-19(30)8-10-25(24)37)28-27(22-7-5-6-12-31-22)33-29(39)35(28)20-9-11-26(38-4)23(15-20)32-18(3)36/h5-15,27-28,37H,1-4H3,(H,32,36)(H,33,39). The van der Waals surface area contributed by atoms with Crippen molar-refractivity contribution in [3.8, 4) is 17.2 Å². The highest BCUT2D eigenvalue weighted by molar-refractivity contribution is 7.80. The van der Waals surface area contributed by atoms with Gasteiger partial charge in [-0.2, -0.15) is 0 Å². The Labute approximate surface area is 237 Å². The highest BCUT2D eigenvalue weighted by atomic mass is 35.5. The van der Waals surface area contributed by atoms with Crippen LogP contribution in [0.15, 0.2) is 66.9 Å². The number of rotatable bonds is 6. The van der Waals surface area contributed by atoms with Crippen LogP contribution >= 0.6 is 23.8 Å². The molecular weight excluding hydrogens is 534 g/mol. The maximum atomic E-state index is 11.9. The molecule has 2 aromatic carbocycles. The summed E-state index contributed by atoms with van der Waals surface area (Å²) in [6.45, 7) is 5.45. The first-order valence-corrected chi connectivity index (χ1v) is 13.1. The van der Waals surface area contributed by atoms with Crippen molar-refractivity contribution in [2.75, 3.05) is 17.3 Å². The molecule has 4 aromatic rings. The molecule has 0 bridgehead atoms. The minimum Gasteiger partial charge on any atom is -0.506 e. The molecule has 1 fully saturated rings. The normalized spacial score (nSPS) is 16.7. The Balaban J connectivity index is 1.70. The van der Waals surface area contributed by atoms with Crippen LogP contribution in [0.1, 0.15) is 41.7 Å². The van der Waals surface area contributed by atoms with Crippen molar-refractivity contribution in [2.24, 2.45) is 0 Å². The minimum absolute atomic E-state index is 0.126. The summed E-state index contributed by atoms with van der Waals surface area (Å²) in [5, 5.41) is 18.0. The number of carbonyl (C=O) groups excluding carboxylic acids is 1. The number of anilines is 2. The average molecular weight is 562 g/mol. The summed E-state index contributed by atoms with van der Waals surface area (Å²) in [5.74, 6) is 0.459. The fraction of sp³-hybridized carbons (Fsp3) is 0.207. The Hall–Kier alpha value is -4.08. The minimum atomic E-state index is -0.299. The van der Waals surface area contributed by atoms with Gasteiger partial charge in [-0.25, -0.2) is 0 Å². The molecule has 0 radical (unpaired) electrons. The number of carbonyl (C=O) groups is 1. The molecule has 0 aliphatic carbocycles. The number of benzene rings is 2. The summed E-state index contributed by atoms with van der Waals surface area (Å²) in [7, 11) is 1.56. The lowest BCUT2D eigenvalue weighted by atomic mass is 9.96. The lowest BCUT2D eigenvalue weighted by Gasteiger charge is -2.29. The van der Waals surface area contributed by atoms with Crippen LogP contribution in [0.5, 0.6) is 11.5 Å². The van der Waals surface area contributed by atoms with E-state index in [-0.39, 0.29) is 23.7 Å². The third-order valence-electron chi connectivity index (χ3n) is 6.84. The summed E-state index contributed by atoms with van der Waals surface area (Å²) < 4.78 is 7.46. The van der Waals surface area contributed by atoms with E-state index in [9.17, 15) is 9.90 Å². The van der Waals surface area contributed by atoms with Crippen molar-refractivity contribution in [1.29, 1.82) is 0 Å². The second-order valence-electron chi connectivity index (χ2n) is 9.36. The zero-order valence-corrected chi connectivity index (χ0v) is 23.5. The van der Waals surface area contributed by atoms with Gasteiger partial charge in [-0.1, -0.05) is 17.7 Å². The third-order valence-corrected chi connectivity index (χ3v) is 7.39. The number of hydrogen-bond acceptors (Lipinski definition) is 5. The third kappa shape index (κ3) is 4.91. The summed E-state index contributed by atoms with van der Waals surface area (Å²) in [6.07, 6.45) is 1.76. The molecule has 39 heavy (non-hydrogen) atoms. The van der Waals surface area contributed by atoms with Crippen LogP contribution < -0.4 is 20.3 Å². The van der Waals surface area contributed by atoms with Gasteiger partial charge in [0, 0.05) is 35.2 Å². The van der Waals surface area contributed by atoms with Crippen molar-refractivity contribution >= 4 is 46.2 Å². The number of aromatic hydroxyl groups is 1. The highest BCUT2D eigenvalue weighted by Crippen LogP contribution is 2.45. The molecule has 0 spiro atoms. The number of pyridine rings is 1. The van der Waals surface area contributed by atoms with Gasteiger partial charge in [0.15, 0.2) is 5.11 Å². The summed E-state index contributed by atoms with van der Waals surface area (Å²) in [6, 6.07) is 17.9. The maximum Gasteiger partial charge on any atom is 0.221 e. The molecule has 5 rings (SSSR count). The van der Waals surface area contributed by atoms with Gasteiger partial charge in [-0.05, 0) is 86.2 Å². The number of phenolic OH excluding ortho intramolecular Hbond substituents is 1. The highest BCUT2D eigenvalue weighted by Gasteiger charge is 2.42. The first kappa shape index (κ1) is 26.5. The number of nitrogens with one attached hydrogen (secondary N) is 2. The predicted octanol–water partition coefficient (Wildman–Crippen LogP) is 5.99. The van der Waals surface area contributed by atoms with E-state index in [0.29, 0.717) is 27.3 Å². The van der Waals surface area contributed by atoms with Crippen LogP contribution in [0.4, 0.5) is 11.4 Å². The molecule has 0 saturated carbocycles. The number of amides is 1. The number of hydrogen-bond donors (Lipinski definition) is 3. The monoisotopic (exact) mass is 561 g/mol. The van der Waals surface area contributed by atoms with Gasteiger partial charge in [0.05, 0.1) is 36.3 Å². The molecular formula is C29H28ClN5O3S. The van der Waals surface area contributed by atoms with E-state index >= 15 is 0 Å². The second kappa shape index (κ2) is 10.6. The van der Waals surface area contributed by atoms with E-state index in [2.05, 4.69) is 21.7 Å². The number of aromatic nitrogens is 2. The molecule has 200 valence electrons. The fourth-order valence-electron chi connectivity index (χ4n) is 5.22. The van der Waals surface area contributed by atoms with Crippen LogP contribution in [0.3, 0.4) is 0 Å². The number of methoxy groups -OCH3 is 1. The SMILES string of the molecule is COc1ccc(N2C(=S)NC(c3ccccn3)C2c2cc(C)n(-c3cc(Cl)ccc3O)c2C)cc1NC(C)=O. The van der Waals surface area contributed by atoms with Crippen molar-refractivity contribution in [3.63, 3.8) is 0 Å². The molecule has 10 heteroatoms. The summed E-state index contributed by atoms with van der Waals surface area (Å²) >= 11 is 12.2. The Morgan fingerprint density at radius 3 is 2.64 bits per heavy atom. The van der Waals surface area contributed by atoms with E-state index in [1.807, 2.05) is 59.7 Å². The molecule has 1 saturated heterocycles. The maximum absolute atomic E-state index is 11.9. The van der Waals surface area contributed by atoms with E-state index in [4.69, 9.17) is 28.6 Å². The average Bonchev–Trinajstić information content (AvgIpc) is 3.40. The van der Waals surface area contributed by atoms with Crippen LogP contribution in [-0.4, -0.2) is 32.8 Å². The first-order valence-electron chi connectivity index (χ1n) is 12.3. The van der Waals surface area contributed by atoms with Crippen molar-refractivity contribution in [2.45, 2.75) is 32.9 Å². The van der Waals surface area contributed by atoms with Crippen LogP contribution in [0.25, 0.3) is 5.69 Å². The Bertz CT molecular complexity index is 1570. The molecule has 2 aromatic heterocycles. The largest absolute Gasteiger partial charge is 0.506 e. The number of ether oxygens (including phenoxy) is 1. The first-order chi connectivity index (χ1) is 18.7. The Morgan fingerprint density at radius 2 is 1.95 bits per heavy atom. The number of halogens is 1. The van der Waals surface area contributed by atoms with Gasteiger partial charge in [0.25, 0.3) is 0 Å². The van der Waals surface area contributed by atoms with Crippen LogP contribution in [-0.2, 0) is 4.79 Å². The summed E-state index contributed by atoms with van der Waals surface area (Å²) in [4.78, 5) is 18.6. The fourth-order valence-corrected chi connectivity index (χ4v) is 5.73. The van der Waals surface area contributed by atoms with Crippen molar-refractivity contribution < 1.29 is 14.6 Å². The molecule has 1 aliphatic rings. The zero-order chi connectivity index (χ0) is 27.8. The van der Waals surface area contributed by atoms with Crippen LogP contribution in [0, 0.1) is 13.8 Å². The number of nitrogens with zero attached hydrogens (tertiary/aromatic N) is 3. The van der Waals surface area contributed by atoms with Gasteiger partial charge in [0.2, 0.25) is 5.91 Å². The number of phenols is 1. The quantitative estimate of drug-likeness (QED) is 0.249. The molecule has 3 heterocycles. The van der Waals surface area contributed by atoms with Crippen molar-refractivity contribution in [3.05, 3.63) is 94.5 Å². The van der Waals surface area contributed by atoms with Crippen molar-refractivity contribution in [1.82, 2.24) is 14.9 Å². The molecule has 2 atom stereocenters. The second-order valence-corrected chi connectivity index (χ2v) is 10.2. The smallest absolute Gasteiger partial charge is 0.221 e. The van der Waals surface area contributed by atoms with Crippen LogP contribution in [0.2, 0.25) is 5.02 Å². The van der Waals surface area contributed by atoms with E-state index in [0.717, 1.165) is 28.3 Å². The van der Waals surface area contributed by atoms with E-state index in [1.165, 1.54) is 6.92 Å².